The highest BCUT2D eigenvalue weighted by atomic mass is 14.9. The van der Waals surface area contributed by atoms with E-state index in [2.05, 4.69) is 66.1 Å². The van der Waals surface area contributed by atoms with Crippen molar-refractivity contribution >= 4 is 0 Å². The average molecular weight is 221 g/mol. The predicted octanol–water partition coefficient (Wildman–Crippen LogP) is 4.64. The molecule has 1 N–H and O–H groups in total. The maximum atomic E-state index is 4.11. The Kier molecular flexibility index (Phi) is 5.57. The lowest BCUT2D eigenvalue weighted by atomic mass is 9.86. The third-order valence-corrected chi connectivity index (χ3v) is 2.61. The molecule has 16 heavy (non-hydrogen) atoms. The molecule has 0 rings (SSSR count). The molecule has 0 aromatic heterocycles. The van der Waals surface area contributed by atoms with Crippen LogP contribution in [0, 0.1) is 11.3 Å². The Morgan fingerprint density at radius 2 is 1.75 bits per heavy atom. The SMILES string of the molecule is C=C(N/C(=C/CC)C(C)C)C(=C)C(C)(C)C. The van der Waals surface area contributed by atoms with Crippen LogP contribution in [-0.4, -0.2) is 0 Å². The molecule has 1 heteroatoms. The molecule has 0 saturated carbocycles. The second-order valence-corrected chi connectivity index (χ2v) is 5.55. The highest BCUT2D eigenvalue weighted by molar-refractivity contribution is 5.31. The highest BCUT2D eigenvalue weighted by Gasteiger charge is 2.18. The van der Waals surface area contributed by atoms with Crippen molar-refractivity contribution in [2.24, 2.45) is 11.3 Å². The largest absolute Gasteiger partial charge is 0.359 e. The first-order valence-corrected chi connectivity index (χ1v) is 6.05. The summed E-state index contributed by atoms with van der Waals surface area (Å²) in [5.74, 6) is 0.490. The Labute approximate surface area is 101 Å². The first-order chi connectivity index (χ1) is 7.20. The molecule has 0 radical (unpaired) electrons. The van der Waals surface area contributed by atoms with Gasteiger partial charge in [0.2, 0.25) is 0 Å². The first kappa shape index (κ1) is 15.0. The van der Waals surface area contributed by atoms with E-state index >= 15 is 0 Å². The van der Waals surface area contributed by atoms with Crippen LogP contribution in [0.1, 0.15) is 48.0 Å². The van der Waals surface area contributed by atoms with Gasteiger partial charge in [0.1, 0.15) is 0 Å². The Morgan fingerprint density at radius 3 is 2.06 bits per heavy atom. The standard InChI is InChI=1S/C15H27N/c1-9-10-14(11(2)3)16-13(5)12(4)15(6,7)8/h10-11,16H,4-5,9H2,1-3,6-8H3/b14-10+. The lowest BCUT2D eigenvalue weighted by molar-refractivity contribution is 0.504. The fourth-order valence-electron chi connectivity index (χ4n) is 1.35. The molecule has 0 aliphatic carbocycles. The van der Waals surface area contributed by atoms with Crippen LogP contribution in [0.2, 0.25) is 0 Å². The quantitative estimate of drug-likeness (QED) is 0.667. The van der Waals surface area contributed by atoms with Crippen molar-refractivity contribution in [3.63, 3.8) is 0 Å². The molecule has 0 heterocycles. The Morgan fingerprint density at radius 1 is 1.25 bits per heavy atom. The van der Waals surface area contributed by atoms with Crippen molar-refractivity contribution in [1.82, 2.24) is 5.32 Å². The van der Waals surface area contributed by atoms with Crippen LogP contribution in [0.3, 0.4) is 0 Å². The van der Waals surface area contributed by atoms with Gasteiger partial charge in [0, 0.05) is 11.4 Å². The summed E-state index contributed by atoms with van der Waals surface area (Å²) in [6, 6.07) is 0. The maximum Gasteiger partial charge on any atom is 0.0340 e. The topological polar surface area (TPSA) is 12.0 Å². The monoisotopic (exact) mass is 221 g/mol. The van der Waals surface area contributed by atoms with Crippen LogP contribution in [0.4, 0.5) is 0 Å². The molecule has 0 atom stereocenters. The van der Waals surface area contributed by atoms with E-state index in [1.54, 1.807) is 0 Å². The molecule has 0 aromatic carbocycles. The van der Waals surface area contributed by atoms with Gasteiger partial charge in [-0.3, -0.25) is 0 Å². The number of hydrogen-bond donors (Lipinski definition) is 1. The summed E-state index contributed by atoms with van der Waals surface area (Å²) in [4.78, 5) is 0. The molecule has 0 bridgehead atoms. The van der Waals surface area contributed by atoms with Crippen LogP contribution < -0.4 is 5.32 Å². The molecule has 0 amide bonds. The molecule has 0 aliphatic heterocycles. The van der Waals surface area contributed by atoms with Crippen molar-refractivity contribution in [3.05, 3.63) is 36.2 Å². The van der Waals surface area contributed by atoms with Crippen molar-refractivity contribution in [1.29, 1.82) is 0 Å². The fourth-order valence-corrected chi connectivity index (χ4v) is 1.35. The predicted molar refractivity (Wildman–Crippen MR) is 74.1 cm³/mol. The first-order valence-electron chi connectivity index (χ1n) is 6.05. The second kappa shape index (κ2) is 5.93. The molecular weight excluding hydrogens is 194 g/mol. The van der Waals surface area contributed by atoms with Gasteiger partial charge in [-0.05, 0) is 23.3 Å². The smallest absolute Gasteiger partial charge is 0.0340 e. The molecule has 1 nitrogen and oxygen atoms in total. The Hall–Kier alpha value is -0.980. The summed E-state index contributed by atoms with van der Waals surface area (Å²) >= 11 is 0. The fraction of sp³-hybridized carbons (Fsp3) is 0.600. The molecule has 0 fully saturated rings. The van der Waals surface area contributed by atoms with Crippen LogP contribution in [0.25, 0.3) is 0 Å². The van der Waals surface area contributed by atoms with Gasteiger partial charge in [-0.15, -0.1) is 0 Å². The number of hydrogen-bond acceptors (Lipinski definition) is 1. The number of allylic oxidation sites excluding steroid dienone is 3. The highest BCUT2D eigenvalue weighted by Crippen LogP contribution is 2.28. The van der Waals surface area contributed by atoms with Gasteiger partial charge < -0.3 is 5.32 Å². The molecule has 0 aliphatic rings. The summed E-state index contributed by atoms with van der Waals surface area (Å²) in [7, 11) is 0. The van der Waals surface area contributed by atoms with Gasteiger partial charge in [-0.1, -0.05) is 60.8 Å². The normalized spacial score (nSPS) is 12.8. The zero-order chi connectivity index (χ0) is 12.9. The summed E-state index contributed by atoms with van der Waals surface area (Å²) < 4.78 is 0. The van der Waals surface area contributed by atoms with Gasteiger partial charge in [0.05, 0.1) is 0 Å². The van der Waals surface area contributed by atoms with Crippen LogP contribution in [0.5, 0.6) is 0 Å². The third-order valence-electron chi connectivity index (χ3n) is 2.61. The van der Waals surface area contributed by atoms with Gasteiger partial charge >= 0.3 is 0 Å². The minimum absolute atomic E-state index is 0.0678. The minimum atomic E-state index is 0.0678. The second-order valence-electron chi connectivity index (χ2n) is 5.55. The summed E-state index contributed by atoms with van der Waals surface area (Å²) in [5.41, 5.74) is 3.30. The molecule has 92 valence electrons. The lowest BCUT2D eigenvalue weighted by Crippen LogP contribution is -2.22. The Bertz CT molecular complexity index is 287. The average Bonchev–Trinajstić information content (AvgIpc) is 2.14. The van der Waals surface area contributed by atoms with E-state index in [-0.39, 0.29) is 5.41 Å². The minimum Gasteiger partial charge on any atom is -0.359 e. The molecule has 0 aromatic rings. The van der Waals surface area contributed by atoms with Gasteiger partial charge in [0.15, 0.2) is 0 Å². The van der Waals surface area contributed by atoms with E-state index < -0.39 is 0 Å². The molecular formula is C15H27N. The van der Waals surface area contributed by atoms with Crippen molar-refractivity contribution in [2.75, 3.05) is 0 Å². The van der Waals surface area contributed by atoms with E-state index in [4.69, 9.17) is 0 Å². The van der Waals surface area contributed by atoms with Gasteiger partial charge in [0.25, 0.3) is 0 Å². The van der Waals surface area contributed by atoms with Gasteiger partial charge in [-0.2, -0.15) is 0 Å². The summed E-state index contributed by atoms with van der Waals surface area (Å²) in [5, 5.41) is 3.39. The number of nitrogens with one attached hydrogen (secondary N) is 1. The Balaban J connectivity index is 4.67. The van der Waals surface area contributed by atoms with Crippen LogP contribution in [0.15, 0.2) is 36.2 Å². The van der Waals surface area contributed by atoms with E-state index in [0.29, 0.717) is 5.92 Å². The maximum absolute atomic E-state index is 4.11. The number of rotatable bonds is 5. The summed E-state index contributed by atoms with van der Waals surface area (Å²) in [6.07, 6.45) is 3.25. The zero-order valence-corrected chi connectivity index (χ0v) is 11.8. The third kappa shape index (κ3) is 4.69. The van der Waals surface area contributed by atoms with Crippen LogP contribution in [-0.2, 0) is 0 Å². The molecule has 0 unspecified atom stereocenters. The van der Waals surface area contributed by atoms with Crippen LogP contribution >= 0.6 is 0 Å². The summed E-state index contributed by atoms with van der Waals surface area (Å²) in [6.45, 7) is 21.2. The molecule has 0 saturated heterocycles. The van der Waals surface area contributed by atoms with Gasteiger partial charge in [-0.25, -0.2) is 0 Å². The lowest BCUT2D eigenvalue weighted by Gasteiger charge is -2.26. The van der Waals surface area contributed by atoms with Crippen molar-refractivity contribution in [2.45, 2.75) is 48.0 Å². The van der Waals surface area contributed by atoms with E-state index in [1.807, 2.05) is 0 Å². The van der Waals surface area contributed by atoms with Crippen molar-refractivity contribution < 1.29 is 0 Å². The van der Waals surface area contributed by atoms with E-state index in [9.17, 15) is 0 Å². The molecule has 0 spiro atoms. The zero-order valence-electron chi connectivity index (χ0n) is 11.8. The van der Waals surface area contributed by atoms with Crippen molar-refractivity contribution in [3.8, 4) is 0 Å². The van der Waals surface area contributed by atoms with E-state index in [1.165, 1.54) is 5.70 Å². The van der Waals surface area contributed by atoms with E-state index in [0.717, 1.165) is 17.7 Å².